The Balaban J connectivity index is 2.07. The molecule has 17 heavy (non-hydrogen) atoms. The summed E-state index contributed by atoms with van der Waals surface area (Å²) in [6.07, 6.45) is 2.34. The van der Waals surface area contributed by atoms with Gasteiger partial charge >= 0.3 is 0 Å². The first-order valence-corrected chi connectivity index (χ1v) is 6.62. The largest absolute Gasteiger partial charge is 0.495 e. The quantitative estimate of drug-likeness (QED) is 0.837. The molecule has 1 amide bonds. The van der Waals surface area contributed by atoms with E-state index >= 15 is 0 Å². The minimum Gasteiger partial charge on any atom is -0.495 e. The maximum Gasteiger partial charge on any atom is 0.265 e. The summed E-state index contributed by atoms with van der Waals surface area (Å²) in [5, 5.41) is 3.00. The fraction of sp³-hybridized carbons (Fsp3) is 0.583. The lowest BCUT2D eigenvalue weighted by atomic mass is 10.2. The van der Waals surface area contributed by atoms with Gasteiger partial charge in [-0.3, -0.25) is 4.79 Å². The molecule has 5 heteroatoms. The summed E-state index contributed by atoms with van der Waals surface area (Å²) in [5.74, 6) is 1.15. The van der Waals surface area contributed by atoms with E-state index in [9.17, 15) is 4.79 Å². The third kappa shape index (κ3) is 2.79. The van der Waals surface area contributed by atoms with Crippen molar-refractivity contribution in [3.63, 3.8) is 0 Å². The minimum absolute atomic E-state index is 0.0673. The lowest BCUT2D eigenvalue weighted by molar-refractivity contribution is 0.0935. The van der Waals surface area contributed by atoms with Gasteiger partial charge in [0.2, 0.25) is 0 Å². The molecule has 1 atom stereocenters. The standard InChI is InChI=1S/C12H18N2O2S/c1-7-5-10(16-2)11(17-7)12(15)14-9(6-13)8-3-4-8/h5,8-9H,3-4,6,13H2,1-2H3,(H,14,15). The molecule has 0 aliphatic heterocycles. The maximum atomic E-state index is 12.1. The van der Waals surface area contributed by atoms with Crippen LogP contribution >= 0.6 is 11.3 Å². The van der Waals surface area contributed by atoms with Gasteiger partial charge < -0.3 is 15.8 Å². The smallest absolute Gasteiger partial charge is 0.265 e. The zero-order chi connectivity index (χ0) is 12.4. The molecule has 4 nitrogen and oxygen atoms in total. The molecule has 1 heterocycles. The van der Waals surface area contributed by atoms with Crippen LogP contribution in [0.3, 0.4) is 0 Å². The van der Waals surface area contributed by atoms with Crippen molar-refractivity contribution in [2.75, 3.05) is 13.7 Å². The molecule has 0 spiro atoms. The average Bonchev–Trinajstić information content (AvgIpc) is 3.08. The predicted molar refractivity (Wildman–Crippen MR) is 68.6 cm³/mol. The zero-order valence-electron chi connectivity index (χ0n) is 10.2. The van der Waals surface area contributed by atoms with E-state index in [0.717, 1.165) is 4.88 Å². The molecular formula is C12H18N2O2S. The summed E-state index contributed by atoms with van der Waals surface area (Å²) in [6, 6.07) is 1.99. The van der Waals surface area contributed by atoms with E-state index in [-0.39, 0.29) is 11.9 Å². The predicted octanol–water partition coefficient (Wildman–Crippen LogP) is 1.53. The topological polar surface area (TPSA) is 64.3 Å². The van der Waals surface area contributed by atoms with E-state index in [1.807, 2.05) is 13.0 Å². The van der Waals surface area contributed by atoms with E-state index in [0.29, 0.717) is 23.1 Å². The Morgan fingerprint density at radius 1 is 1.71 bits per heavy atom. The van der Waals surface area contributed by atoms with E-state index in [2.05, 4.69) is 5.32 Å². The first-order valence-electron chi connectivity index (χ1n) is 5.81. The summed E-state index contributed by atoms with van der Waals surface area (Å²) in [7, 11) is 1.58. The summed E-state index contributed by atoms with van der Waals surface area (Å²) >= 11 is 1.45. The number of nitrogens with one attached hydrogen (secondary N) is 1. The highest BCUT2D eigenvalue weighted by Crippen LogP contribution is 2.33. The number of thiophene rings is 1. The minimum atomic E-state index is -0.0673. The Labute approximate surface area is 105 Å². The van der Waals surface area contributed by atoms with Gasteiger partial charge in [-0.05, 0) is 31.7 Å². The van der Waals surface area contributed by atoms with Crippen LogP contribution in [0.2, 0.25) is 0 Å². The molecule has 0 bridgehead atoms. The molecule has 2 rings (SSSR count). The zero-order valence-corrected chi connectivity index (χ0v) is 11.0. The number of hydrogen-bond donors (Lipinski definition) is 2. The van der Waals surface area contributed by atoms with Gasteiger partial charge in [0.15, 0.2) is 0 Å². The van der Waals surface area contributed by atoms with Crippen molar-refractivity contribution < 1.29 is 9.53 Å². The van der Waals surface area contributed by atoms with Crippen LogP contribution in [0.5, 0.6) is 5.75 Å². The SMILES string of the molecule is COc1cc(C)sc1C(=O)NC(CN)C1CC1. The molecule has 1 saturated carbocycles. The molecule has 1 aliphatic rings. The fourth-order valence-electron chi connectivity index (χ4n) is 1.90. The third-order valence-corrected chi connectivity index (χ3v) is 4.04. The molecule has 0 saturated heterocycles. The second kappa shape index (κ2) is 5.06. The number of aryl methyl sites for hydroxylation is 1. The number of rotatable bonds is 5. The Morgan fingerprint density at radius 2 is 2.41 bits per heavy atom. The van der Waals surface area contributed by atoms with Crippen LogP contribution < -0.4 is 15.8 Å². The van der Waals surface area contributed by atoms with Crippen molar-refractivity contribution in [1.29, 1.82) is 0 Å². The molecule has 0 aromatic carbocycles. The molecule has 3 N–H and O–H groups in total. The number of ether oxygens (including phenoxy) is 1. The van der Waals surface area contributed by atoms with Gasteiger partial charge in [0.05, 0.1) is 7.11 Å². The van der Waals surface area contributed by atoms with Crippen LogP contribution in [0.25, 0.3) is 0 Å². The highest BCUT2D eigenvalue weighted by molar-refractivity contribution is 7.14. The lowest BCUT2D eigenvalue weighted by Gasteiger charge is -2.15. The van der Waals surface area contributed by atoms with Crippen molar-refractivity contribution in [1.82, 2.24) is 5.32 Å². The normalized spacial score (nSPS) is 16.6. The third-order valence-electron chi connectivity index (χ3n) is 3.01. The van der Waals surface area contributed by atoms with Crippen molar-refractivity contribution >= 4 is 17.2 Å². The Kier molecular flexibility index (Phi) is 3.69. The molecular weight excluding hydrogens is 236 g/mol. The summed E-state index contributed by atoms with van der Waals surface area (Å²) in [5.41, 5.74) is 5.67. The van der Waals surface area contributed by atoms with Crippen LogP contribution in [0.15, 0.2) is 6.07 Å². The van der Waals surface area contributed by atoms with Crippen molar-refractivity contribution in [3.8, 4) is 5.75 Å². The molecule has 1 unspecified atom stereocenters. The van der Waals surface area contributed by atoms with Crippen LogP contribution in [-0.2, 0) is 0 Å². The first-order chi connectivity index (χ1) is 8.15. The van der Waals surface area contributed by atoms with Gasteiger partial charge in [-0.2, -0.15) is 0 Å². The Morgan fingerprint density at radius 3 is 2.94 bits per heavy atom. The maximum absolute atomic E-state index is 12.1. The molecule has 1 aromatic heterocycles. The lowest BCUT2D eigenvalue weighted by Crippen LogP contribution is -2.41. The number of nitrogens with two attached hydrogens (primary N) is 1. The van der Waals surface area contributed by atoms with Crippen LogP contribution in [0, 0.1) is 12.8 Å². The van der Waals surface area contributed by atoms with Crippen molar-refractivity contribution in [2.24, 2.45) is 11.7 Å². The van der Waals surface area contributed by atoms with E-state index in [4.69, 9.17) is 10.5 Å². The van der Waals surface area contributed by atoms with Gasteiger partial charge in [0, 0.05) is 17.5 Å². The number of carbonyl (C=O) groups excluding carboxylic acids is 1. The van der Waals surface area contributed by atoms with Crippen molar-refractivity contribution in [2.45, 2.75) is 25.8 Å². The molecule has 1 aromatic rings. The molecule has 94 valence electrons. The number of carbonyl (C=O) groups is 1. The van der Waals surface area contributed by atoms with Gasteiger partial charge in [0.25, 0.3) is 5.91 Å². The molecule has 0 radical (unpaired) electrons. The highest BCUT2D eigenvalue weighted by atomic mass is 32.1. The van der Waals surface area contributed by atoms with Crippen LogP contribution in [-0.4, -0.2) is 25.6 Å². The average molecular weight is 254 g/mol. The molecule has 1 aliphatic carbocycles. The monoisotopic (exact) mass is 254 g/mol. The fourth-order valence-corrected chi connectivity index (χ4v) is 2.78. The second-order valence-electron chi connectivity index (χ2n) is 4.41. The van der Waals surface area contributed by atoms with Crippen LogP contribution in [0.1, 0.15) is 27.4 Å². The summed E-state index contributed by atoms with van der Waals surface area (Å²) < 4.78 is 5.20. The van der Waals surface area contributed by atoms with E-state index in [1.54, 1.807) is 7.11 Å². The number of hydrogen-bond acceptors (Lipinski definition) is 4. The van der Waals surface area contributed by atoms with E-state index in [1.165, 1.54) is 24.2 Å². The van der Waals surface area contributed by atoms with Crippen LogP contribution in [0.4, 0.5) is 0 Å². The van der Waals surface area contributed by atoms with E-state index < -0.39 is 0 Å². The van der Waals surface area contributed by atoms with Gasteiger partial charge in [-0.15, -0.1) is 11.3 Å². The number of methoxy groups -OCH3 is 1. The Bertz CT molecular complexity index is 413. The number of amides is 1. The Hall–Kier alpha value is -1.07. The van der Waals surface area contributed by atoms with Gasteiger partial charge in [-0.1, -0.05) is 0 Å². The first kappa shape index (κ1) is 12.4. The summed E-state index contributed by atoms with van der Waals surface area (Å²) in [4.78, 5) is 13.8. The highest BCUT2D eigenvalue weighted by Gasteiger charge is 2.32. The van der Waals surface area contributed by atoms with Crippen molar-refractivity contribution in [3.05, 3.63) is 15.8 Å². The van der Waals surface area contributed by atoms with Gasteiger partial charge in [0.1, 0.15) is 10.6 Å². The molecule has 1 fully saturated rings. The van der Waals surface area contributed by atoms with Gasteiger partial charge in [-0.25, -0.2) is 0 Å². The second-order valence-corrected chi connectivity index (χ2v) is 5.66. The summed E-state index contributed by atoms with van der Waals surface area (Å²) in [6.45, 7) is 2.47.